The molecule has 4 rings (SSSR count). The second kappa shape index (κ2) is 10.1. The van der Waals surface area contributed by atoms with E-state index in [4.69, 9.17) is 10.5 Å². The molecule has 2 aromatic carbocycles. The average Bonchev–Trinajstić information content (AvgIpc) is 3.05. The lowest BCUT2D eigenvalue weighted by Gasteiger charge is -2.36. The van der Waals surface area contributed by atoms with Gasteiger partial charge in [-0.15, -0.1) is 12.4 Å². The van der Waals surface area contributed by atoms with Crippen LogP contribution in [0.1, 0.15) is 24.0 Å². The fourth-order valence-corrected chi connectivity index (χ4v) is 6.11. The number of ether oxygens (including phenoxy) is 1. The van der Waals surface area contributed by atoms with Crippen molar-refractivity contribution in [3.63, 3.8) is 0 Å². The standard InChI is InChI=1S/C23H30N4O4S.ClH/c1-32(29,30)27(26-22(28)20(24)16-31-15-18-7-3-2-4-8-18)17-23(11-13-25-14-12-23)19-9-5-6-10-21(19)27;/h2-10,20,25H,11-17,24H2,1H3;1H/p+1. The van der Waals surface area contributed by atoms with E-state index in [0.717, 1.165) is 37.1 Å². The van der Waals surface area contributed by atoms with Crippen molar-refractivity contribution in [2.75, 3.05) is 32.5 Å². The van der Waals surface area contributed by atoms with Crippen LogP contribution in [-0.2, 0) is 31.6 Å². The summed E-state index contributed by atoms with van der Waals surface area (Å²) in [5.74, 6) is -0.552. The SMILES string of the molecule is CS(=O)(=O)[N+]1(NC(=O)C(N)COCc2ccccc2)CC2(CCNCC2)c2ccccc21.Cl. The number of carbonyl (C=O) groups is 1. The molecule has 33 heavy (non-hydrogen) atoms. The van der Waals surface area contributed by atoms with Gasteiger partial charge in [0.1, 0.15) is 12.6 Å². The van der Waals surface area contributed by atoms with E-state index >= 15 is 0 Å². The Labute approximate surface area is 201 Å². The zero-order valence-electron chi connectivity index (χ0n) is 18.7. The molecule has 1 saturated heterocycles. The molecular weight excluding hydrogens is 464 g/mol. The number of hydrogen-bond donors (Lipinski definition) is 3. The first-order valence-electron chi connectivity index (χ1n) is 10.9. The number of para-hydroxylation sites is 1. The molecule has 180 valence electrons. The molecule has 0 aliphatic carbocycles. The number of rotatable bonds is 7. The van der Waals surface area contributed by atoms with Gasteiger partial charge in [0.25, 0.3) is 5.91 Å². The minimum atomic E-state index is -3.76. The van der Waals surface area contributed by atoms with E-state index in [-0.39, 0.29) is 31.0 Å². The highest BCUT2D eigenvalue weighted by Gasteiger charge is 2.60. The molecule has 0 bridgehead atoms. The number of carbonyl (C=O) groups excluding carboxylic acids is 1. The van der Waals surface area contributed by atoms with E-state index in [1.165, 1.54) is 6.26 Å². The molecule has 4 N–H and O–H groups in total. The third kappa shape index (κ3) is 4.94. The second-order valence-electron chi connectivity index (χ2n) is 8.76. The number of nitrogens with two attached hydrogens (primary N) is 1. The van der Waals surface area contributed by atoms with Crippen LogP contribution in [0.3, 0.4) is 0 Å². The van der Waals surface area contributed by atoms with Crippen LogP contribution in [0.25, 0.3) is 0 Å². The van der Waals surface area contributed by atoms with Crippen molar-refractivity contribution in [3.05, 3.63) is 65.7 Å². The number of nitrogens with one attached hydrogen (secondary N) is 2. The van der Waals surface area contributed by atoms with Gasteiger partial charge in [-0.3, -0.25) is 4.79 Å². The molecular formula is C23H32ClN4O4S+. The maximum Gasteiger partial charge on any atom is 0.321 e. The molecule has 10 heteroatoms. The van der Waals surface area contributed by atoms with E-state index in [2.05, 4.69) is 10.7 Å². The number of quaternary nitrogens is 1. The Morgan fingerprint density at radius 2 is 1.79 bits per heavy atom. The predicted octanol–water partition coefficient (Wildman–Crippen LogP) is 1.59. The van der Waals surface area contributed by atoms with Crippen molar-refractivity contribution in [1.82, 2.24) is 14.7 Å². The number of amides is 1. The third-order valence-electron chi connectivity index (χ3n) is 6.55. The maximum atomic E-state index is 13.2. The van der Waals surface area contributed by atoms with Gasteiger partial charge in [-0.25, -0.2) is 0 Å². The molecule has 0 radical (unpaired) electrons. The van der Waals surface area contributed by atoms with Gasteiger partial charge in [-0.2, -0.15) is 13.8 Å². The van der Waals surface area contributed by atoms with Crippen molar-refractivity contribution in [2.45, 2.75) is 30.9 Å². The van der Waals surface area contributed by atoms with Crippen LogP contribution in [0.15, 0.2) is 54.6 Å². The summed E-state index contributed by atoms with van der Waals surface area (Å²) in [6.07, 6.45) is 2.78. The van der Waals surface area contributed by atoms with Gasteiger partial charge in [-0.1, -0.05) is 52.5 Å². The zero-order chi connectivity index (χ0) is 22.8. The Balaban J connectivity index is 0.00000306. The van der Waals surface area contributed by atoms with Crippen molar-refractivity contribution >= 4 is 34.0 Å². The Bertz CT molecular complexity index is 1080. The quantitative estimate of drug-likeness (QED) is 0.503. The summed E-state index contributed by atoms with van der Waals surface area (Å²) in [5.41, 5.74) is 11.1. The second-order valence-corrected chi connectivity index (χ2v) is 10.9. The average molecular weight is 496 g/mol. The first-order chi connectivity index (χ1) is 15.3. The summed E-state index contributed by atoms with van der Waals surface area (Å²) in [6, 6.07) is 16.1. The molecule has 1 amide bonds. The van der Waals surface area contributed by atoms with E-state index in [9.17, 15) is 13.2 Å². The molecule has 2 aliphatic heterocycles. The fourth-order valence-electron chi connectivity index (χ4n) is 4.86. The number of piperidine rings is 1. The van der Waals surface area contributed by atoms with Crippen LogP contribution in [-0.4, -0.2) is 52.9 Å². The number of hydrogen-bond acceptors (Lipinski definition) is 6. The number of halogens is 1. The van der Waals surface area contributed by atoms with Crippen LogP contribution in [0.4, 0.5) is 5.69 Å². The van der Waals surface area contributed by atoms with Gasteiger partial charge in [-0.05, 0) is 31.5 Å². The molecule has 0 saturated carbocycles. The van der Waals surface area contributed by atoms with Crippen LogP contribution in [0, 0.1) is 0 Å². The Kier molecular flexibility index (Phi) is 7.83. The van der Waals surface area contributed by atoms with E-state index in [1.54, 1.807) is 6.07 Å². The lowest BCUT2D eigenvalue weighted by molar-refractivity contribution is -0.126. The molecule has 8 nitrogen and oxygen atoms in total. The summed E-state index contributed by atoms with van der Waals surface area (Å²) in [6.45, 7) is 2.18. The summed E-state index contributed by atoms with van der Waals surface area (Å²) in [4.78, 5) is 13.1. The van der Waals surface area contributed by atoms with Gasteiger partial charge in [0.05, 0.1) is 24.9 Å². The predicted molar refractivity (Wildman–Crippen MR) is 131 cm³/mol. The Morgan fingerprint density at radius 1 is 1.15 bits per heavy atom. The van der Waals surface area contributed by atoms with Gasteiger partial charge >= 0.3 is 10.0 Å². The number of nitrogens with zero attached hydrogens (tertiary/aromatic N) is 1. The molecule has 2 atom stereocenters. The van der Waals surface area contributed by atoms with Crippen molar-refractivity contribution in [2.24, 2.45) is 5.73 Å². The van der Waals surface area contributed by atoms with Gasteiger partial charge in [0.2, 0.25) is 0 Å². The van der Waals surface area contributed by atoms with Crippen LogP contribution >= 0.6 is 12.4 Å². The summed E-state index contributed by atoms with van der Waals surface area (Å²) in [5, 5.41) is 3.35. The lowest BCUT2D eigenvalue weighted by Crippen LogP contribution is -2.68. The van der Waals surface area contributed by atoms with Crippen LogP contribution in [0.5, 0.6) is 0 Å². The molecule has 1 fully saturated rings. The van der Waals surface area contributed by atoms with Gasteiger partial charge < -0.3 is 15.8 Å². The summed E-state index contributed by atoms with van der Waals surface area (Å²) in [7, 11) is -3.76. The number of benzene rings is 2. The van der Waals surface area contributed by atoms with Crippen LogP contribution in [0.2, 0.25) is 0 Å². The van der Waals surface area contributed by atoms with Crippen molar-refractivity contribution in [3.8, 4) is 0 Å². The minimum absolute atomic E-state index is 0. The zero-order valence-corrected chi connectivity index (χ0v) is 20.3. The first-order valence-corrected chi connectivity index (χ1v) is 12.7. The molecule has 2 aliphatic rings. The molecule has 1 spiro atoms. The highest BCUT2D eigenvalue weighted by Crippen LogP contribution is 2.50. The van der Waals surface area contributed by atoms with Crippen LogP contribution < -0.4 is 20.5 Å². The Hall–Kier alpha value is -2.01. The Morgan fingerprint density at radius 3 is 2.45 bits per heavy atom. The van der Waals surface area contributed by atoms with Crippen molar-refractivity contribution < 1.29 is 17.9 Å². The largest absolute Gasteiger partial charge is 0.375 e. The minimum Gasteiger partial charge on any atom is -0.375 e. The number of fused-ring (bicyclic) bond motifs is 2. The fraction of sp³-hybridized carbons (Fsp3) is 0.435. The normalized spacial score (nSPS) is 22.2. The van der Waals surface area contributed by atoms with Gasteiger partial charge in [0.15, 0.2) is 5.69 Å². The lowest BCUT2D eigenvalue weighted by atomic mass is 9.75. The van der Waals surface area contributed by atoms with Gasteiger partial charge in [0, 0.05) is 11.6 Å². The number of sulfonamides is 1. The van der Waals surface area contributed by atoms with Crippen molar-refractivity contribution in [1.29, 1.82) is 0 Å². The maximum absolute atomic E-state index is 13.2. The third-order valence-corrected chi connectivity index (χ3v) is 8.10. The molecule has 2 heterocycles. The monoisotopic (exact) mass is 495 g/mol. The highest BCUT2D eigenvalue weighted by atomic mass is 35.5. The highest BCUT2D eigenvalue weighted by molar-refractivity contribution is 7.90. The molecule has 0 aromatic heterocycles. The molecule has 2 unspecified atom stereocenters. The summed E-state index contributed by atoms with van der Waals surface area (Å²) < 4.78 is 31.3. The van der Waals surface area contributed by atoms with E-state index in [0.29, 0.717) is 12.3 Å². The smallest absolute Gasteiger partial charge is 0.321 e. The first kappa shape index (κ1) is 25.6. The molecule has 2 aromatic rings. The van der Waals surface area contributed by atoms with E-state index < -0.39 is 26.0 Å². The summed E-state index contributed by atoms with van der Waals surface area (Å²) >= 11 is 0. The van der Waals surface area contributed by atoms with E-state index in [1.807, 2.05) is 48.5 Å². The topological polar surface area (TPSA) is 111 Å².